The van der Waals surface area contributed by atoms with Gasteiger partial charge in [0, 0.05) is 32.2 Å². The number of hydrogen-bond acceptors (Lipinski definition) is 4. The summed E-state index contributed by atoms with van der Waals surface area (Å²) in [5.41, 5.74) is -4.22. The number of alkyl halides is 6. The zero-order valence-electron chi connectivity index (χ0n) is 22.3. The molecule has 1 aliphatic heterocycles. The van der Waals surface area contributed by atoms with Gasteiger partial charge >= 0.3 is 12.4 Å². The SMILES string of the molecule is CC1CN(CCC(C)(C(=O)NCc2cc(C(F)(F)F)cc(C(F)(F)F)c2)c2ccc(Cl)c(Cl)c2)CCN1S(C)(=O)=O. The largest absolute Gasteiger partial charge is 0.416 e. The molecule has 0 aromatic heterocycles. The summed E-state index contributed by atoms with van der Waals surface area (Å²) in [6, 6.07) is 5.38. The number of carbonyl (C=O) groups is 1. The lowest BCUT2D eigenvalue weighted by atomic mass is 9.78. The second-order valence-electron chi connectivity index (χ2n) is 10.3. The highest BCUT2D eigenvalue weighted by Gasteiger charge is 2.39. The Morgan fingerprint density at radius 2 is 1.54 bits per heavy atom. The van der Waals surface area contributed by atoms with Crippen molar-refractivity contribution in [2.75, 3.05) is 32.4 Å². The third-order valence-corrected chi connectivity index (χ3v) is 9.30. The molecule has 2 unspecified atom stereocenters. The monoisotopic (exact) mass is 647 g/mol. The molecule has 0 saturated carbocycles. The van der Waals surface area contributed by atoms with E-state index in [-0.39, 0.29) is 40.7 Å². The van der Waals surface area contributed by atoms with Crippen LogP contribution in [0.5, 0.6) is 0 Å². The number of carbonyl (C=O) groups excluding carboxylic acids is 1. The van der Waals surface area contributed by atoms with Crippen LogP contribution in [0, 0.1) is 0 Å². The lowest BCUT2D eigenvalue weighted by Gasteiger charge is -2.40. The van der Waals surface area contributed by atoms with E-state index in [0.29, 0.717) is 37.3 Å². The van der Waals surface area contributed by atoms with Gasteiger partial charge in [-0.15, -0.1) is 0 Å². The van der Waals surface area contributed by atoms with Gasteiger partial charge in [-0.25, -0.2) is 8.42 Å². The van der Waals surface area contributed by atoms with Gasteiger partial charge in [-0.3, -0.25) is 4.79 Å². The average molecular weight is 648 g/mol. The standard InChI is InChI=1S/C26H29Cl2F6N3O3S/c1-16-15-36(8-9-37(16)41(3,39)40)7-6-24(2,18-4-5-21(27)22(28)13-18)23(38)35-14-17-10-19(25(29,30)31)12-20(11-17)26(32,33)34/h4-5,10-13,16H,6-9,14-15H2,1-3H3,(H,35,38). The van der Waals surface area contributed by atoms with E-state index in [0.717, 1.165) is 6.26 Å². The Labute approximate surface area is 244 Å². The summed E-state index contributed by atoms with van der Waals surface area (Å²) in [5, 5.41) is 2.88. The summed E-state index contributed by atoms with van der Waals surface area (Å²) < 4.78 is 105. The Morgan fingerprint density at radius 1 is 0.951 bits per heavy atom. The molecule has 1 fully saturated rings. The maximum atomic E-state index is 13.6. The second kappa shape index (κ2) is 12.3. The van der Waals surface area contributed by atoms with E-state index in [1.54, 1.807) is 19.9 Å². The topological polar surface area (TPSA) is 69.7 Å². The number of hydrogen-bond donors (Lipinski definition) is 1. The van der Waals surface area contributed by atoms with E-state index in [2.05, 4.69) is 5.32 Å². The van der Waals surface area contributed by atoms with Gasteiger partial charge in [0.1, 0.15) is 0 Å². The van der Waals surface area contributed by atoms with Crippen molar-refractivity contribution in [2.45, 2.75) is 50.6 Å². The van der Waals surface area contributed by atoms with Crippen molar-refractivity contribution in [3.63, 3.8) is 0 Å². The van der Waals surface area contributed by atoms with Crippen molar-refractivity contribution in [3.05, 3.63) is 68.7 Å². The quantitative estimate of drug-likeness (QED) is 0.359. The van der Waals surface area contributed by atoms with Crippen molar-refractivity contribution >= 4 is 39.1 Å². The van der Waals surface area contributed by atoms with Crippen LogP contribution in [0.3, 0.4) is 0 Å². The molecule has 1 amide bonds. The molecule has 15 heteroatoms. The maximum absolute atomic E-state index is 13.6. The average Bonchev–Trinajstić information content (AvgIpc) is 2.85. The van der Waals surface area contributed by atoms with E-state index in [1.165, 1.54) is 16.4 Å². The number of nitrogens with one attached hydrogen (secondary N) is 1. The van der Waals surface area contributed by atoms with Crippen LogP contribution in [0.25, 0.3) is 0 Å². The van der Waals surface area contributed by atoms with Gasteiger partial charge in [0.15, 0.2) is 0 Å². The summed E-state index contributed by atoms with van der Waals surface area (Å²) in [5.74, 6) is -0.648. The number of rotatable bonds is 8. The van der Waals surface area contributed by atoms with Gasteiger partial charge in [0.2, 0.25) is 15.9 Å². The van der Waals surface area contributed by atoms with E-state index in [9.17, 15) is 39.6 Å². The number of benzene rings is 2. The number of nitrogens with zero attached hydrogens (tertiary/aromatic N) is 2. The smallest absolute Gasteiger partial charge is 0.351 e. The summed E-state index contributed by atoms with van der Waals surface area (Å²) in [6.45, 7) is 4.17. The Hall–Kier alpha value is -2.06. The zero-order chi connectivity index (χ0) is 31.0. The molecule has 1 aliphatic rings. The third-order valence-electron chi connectivity index (χ3n) is 7.16. The molecule has 2 aromatic carbocycles. The van der Waals surface area contributed by atoms with Crippen LogP contribution in [0.15, 0.2) is 36.4 Å². The fourth-order valence-corrected chi connectivity index (χ4v) is 6.25. The maximum Gasteiger partial charge on any atom is 0.416 e. The Bertz CT molecular complexity index is 1360. The molecule has 0 spiro atoms. The fraction of sp³-hybridized carbons (Fsp3) is 0.500. The van der Waals surface area contributed by atoms with Crippen molar-refractivity contribution in [1.29, 1.82) is 0 Å². The predicted molar refractivity (Wildman–Crippen MR) is 144 cm³/mol. The van der Waals surface area contributed by atoms with Crippen LogP contribution in [0.2, 0.25) is 10.0 Å². The second-order valence-corrected chi connectivity index (χ2v) is 13.1. The van der Waals surface area contributed by atoms with Crippen molar-refractivity contribution < 1.29 is 39.6 Å². The molecular weight excluding hydrogens is 619 g/mol. The minimum absolute atomic E-state index is 0.0235. The van der Waals surface area contributed by atoms with Crippen LogP contribution >= 0.6 is 23.2 Å². The van der Waals surface area contributed by atoms with E-state index >= 15 is 0 Å². The van der Waals surface area contributed by atoms with Crippen LogP contribution in [0.4, 0.5) is 26.3 Å². The first-order valence-corrected chi connectivity index (χ1v) is 15.0. The molecule has 2 aromatic rings. The molecule has 41 heavy (non-hydrogen) atoms. The van der Waals surface area contributed by atoms with E-state index in [4.69, 9.17) is 23.2 Å². The highest BCUT2D eigenvalue weighted by molar-refractivity contribution is 7.88. The molecule has 1 heterocycles. The van der Waals surface area contributed by atoms with Gasteiger partial charge < -0.3 is 10.2 Å². The lowest BCUT2D eigenvalue weighted by Crippen LogP contribution is -2.54. The lowest BCUT2D eigenvalue weighted by molar-refractivity contribution is -0.143. The first kappa shape index (κ1) is 33.4. The van der Waals surface area contributed by atoms with Crippen LogP contribution < -0.4 is 5.32 Å². The van der Waals surface area contributed by atoms with E-state index in [1.807, 2.05) is 4.90 Å². The molecular formula is C26H29Cl2F6N3O3S. The molecule has 1 N–H and O–H groups in total. The first-order chi connectivity index (χ1) is 18.7. The van der Waals surface area contributed by atoms with Gasteiger partial charge in [-0.05, 0) is 68.3 Å². The zero-order valence-corrected chi connectivity index (χ0v) is 24.7. The molecule has 0 aliphatic carbocycles. The van der Waals surface area contributed by atoms with Crippen molar-refractivity contribution in [1.82, 2.24) is 14.5 Å². The minimum Gasteiger partial charge on any atom is -0.351 e. The summed E-state index contributed by atoms with van der Waals surface area (Å²) >= 11 is 12.2. The molecule has 3 rings (SSSR count). The Kier molecular flexibility index (Phi) is 10.0. The summed E-state index contributed by atoms with van der Waals surface area (Å²) in [6.07, 6.45) is -8.73. The van der Waals surface area contributed by atoms with E-state index < -0.39 is 51.4 Å². The van der Waals surface area contributed by atoms with Gasteiger partial charge in [0.25, 0.3) is 0 Å². The molecule has 228 valence electrons. The minimum atomic E-state index is -5.02. The summed E-state index contributed by atoms with van der Waals surface area (Å²) in [4.78, 5) is 15.6. The first-order valence-electron chi connectivity index (χ1n) is 12.4. The Morgan fingerprint density at radius 3 is 2.02 bits per heavy atom. The normalized spacial score (nSPS) is 19.1. The van der Waals surface area contributed by atoms with Crippen molar-refractivity contribution in [2.24, 2.45) is 0 Å². The van der Waals surface area contributed by atoms with Crippen LogP contribution in [0.1, 0.15) is 42.5 Å². The molecule has 2 atom stereocenters. The number of sulfonamides is 1. The summed E-state index contributed by atoms with van der Waals surface area (Å²) in [7, 11) is -3.39. The van der Waals surface area contributed by atoms with Crippen molar-refractivity contribution in [3.8, 4) is 0 Å². The van der Waals surface area contributed by atoms with Gasteiger partial charge in [-0.2, -0.15) is 30.6 Å². The molecule has 6 nitrogen and oxygen atoms in total. The fourth-order valence-electron chi connectivity index (χ4n) is 4.82. The number of amides is 1. The van der Waals surface area contributed by atoms with Gasteiger partial charge in [0.05, 0.1) is 32.8 Å². The highest BCUT2D eigenvalue weighted by atomic mass is 35.5. The molecule has 1 saturated heterocycles. The predicted octanol–water partition coefficient (Wildman–Crippen LogP) is 5.96. The molecule has 0 bridgehead atoms. The third kappa shape index (κ3) is 8.28. The number of halogens is 8. The van der Waals surface area contributed by atoms with Crippen LogP contribution in [-0.4, -0.2) is 62.0 Å². The Balaban J connectivity index is 1.86. The highest BCUT2D eigenvalue weighted by Crippen LogP contribution is 2.37. The van der Waals surface area contributed by atoms with Gasteiger partial charge in [-0.1, -0.05) is 29.3 Å². The van der Waals surface area contributed by atoms with Crippen LogP contribution in [-0.2, 0) is 39.1 Å². The molecule has 0 radical (unpaired) electrons. The number of piperazine rings is 1.